The van der Waals surface area contributed by atoms with Gasteiger partial charge in [-0.1, -0.05) is 78.2 Å². The molecule has 0 unspecified atom stereocenters. The SMILES string of the molecule is CC[C@@H](C(=O)NC(C)C)N(CCc1ccccc1)C(=O)CN(c1cc(Cl)cc(Cl)c1)S(=O)(=O)c1ccc(C)cc1. The lowest BCUT2D eigenvalue weighted by atomic mass is 10.1. The Balaban J connectivity index is 2.04. The molecule has 0 fully saturated rings. The Kier molecular flexibility index (Phi) is 11.0. The predicted octanol–water partition coefficient (Wildman–Crippen LogP) is 5.87. The van der Waals surface area contributed by atoms with Gasteiger partial charge in [-0.15, -0.1) is 0 Å². The van der Waals surface area contributed by atoms with Crippen LogP contribution in [0.5, 0.6) is 0 Å². The van der Waals surface area contributed by atoms with E-state index in [9.17, 15) is 18.0 Å². The fraction of sp³-hybridized carbons (Fsp3) is 0.333. The zero-order valence-electron chi connectivity index (χ0n) is 23.1. The van der Waals surface area contributed by atoms with Crippen molar-refractivity contribution < 1.29 is 18.0 Å². The Morgan fingerprint density at radius 1 is 0.925 bits per heavy atom. The number of hydrogen-bond donors (Lipinski definition) is 1. The van der Waals surface area contributed by atoms with Gasteiger partial charge in [0.1, 0.15) is 12.6 Å². The number of anilines is 1. The molecule has 0 bridgehead atoms. The van der Waals surface area contributed by atoms with E-state index in [1.54, 1.807) is 12.1 Å². The second-order valence-corrected chi connectivity index (χ2v) is 12.6. The van der Waals surface area contributed by atoms with Gasteiger partial charge in [0.15, 0.2) is 0 Å². The number of nitrogens with zero attached hydrogens (tertiary/aromatic N) is 2. The number of carbonyl (C=O) groups is 2. The van der Waals surface area contributed by atoms with E-state index in [0.717, 1.165) is 15.4 Å². The molecular weight excluding hydrogens is 569 g/mol. The number of amides is 2. The number of aryl methyl sites for hydroxylation is 1. The molecule has 10 heteroatoms. The highest BCUT2D eigenvalue weighted by Crippen LogP contribution is 2.30. The minimum atomic E-state index is -4.20. The average molecular weight is 605 g/mol. The fourth-order valence-electron chi connectivity index (χ4n) is 4.33. The van der Waals surface area contributed by atoms with Crippen molar-refractivity contribution in [2.75, 3.05) is 17.4 Å². The summed E-state index contributed by atoms with van der Waals surface area (Å²) in [5, 5.41) is 3.34. The lowest BCUT2D eigenvalue weighted by molar-refractivity contribution is -0.139. The van der Waals surface area contributed by atoms with Crippen molar-refractivity contribution >= 4 is 50.7 Å². The van der Waals surface area contributed by atoms with E-state index < -0.39 is 28.5 Å². The van der Waals surface area contributed by atoms with Crippen molar-refractivity contribution in [3.05, 3.63) is 94.0 Å². The quantitative estimate of drug-likeness (QED) is 0.280. The molecule has 7 nitrogen and oxygen atoms in total. The van der Waals surface area contributed by atoms with Gasteiger partial charge in [0.05, 0.1) is 10.6 Å². The van der Waals surface area contributed by atoms with Crippen molar-refractivity contribution in [2.45, 2.75) is 57.5 Å². The molecule has 1 N–H and O–H groups in total. The molecule has 0 saturated heterocycles. The lowest BCUT2D eigenvalue weighted by Gasteiger charge is -2.33. The molecule has 0 aliphatic rings. The number of halogens is 2. The molecule has 0 aromatic heterocycles. The third kappa shape index (κ3) is 8.22. The molecule has 0 aliphatic carbocycles. The lowest BCUT2D eigenvalue weighted by Crippen LogP contribution is -2.54. The van der Waals surface area contributed by atoms with E-state index in [4.69, 9.17) is 23.2 Å². The summed E-state index contributed by atoms with van der Waals surface area (Å²) in [5.74, 6) is -0.814. The van der Waals surface area contributed by atoms with E-state index >= 15 is 0 Å². The van der Waals surface area contributed by atoms with E-state index in [-0.39, 0.29) is 39.1 Å². The Hall–Kier alpha value is -3.07. The Labute approximate surface area is 247 Å². The Morgan fingerprint density at radius 2 is 1.52 bits per heavy atom. The van der Waals surface area contributed by atoms with E-state index in [0.29, 0.717) is 12.8 Å². The predicted molar refractivity (Wildman–Crippen MR) is 161 cm³/mol. The van der Waals surface area contributed by atoms with Crippen LogP contribution in [0.25, 0.3) is 0 Å². The zero-order valence-corrected chi connectivity index (χ0v) is 25.4. The van der Waals surface area contributed by atoms with Gasteiger partial charge in [-0.2, -0.15) is 0 Å². The van der Waals surface area contributed by atoms with Crippen LogP contribution < -0.4 is 9.62 Å². The first-order valence-corrected chi connectivity index (χ1v) is 15.3. The van der Waals surface area contributed by atoms with Crippen LogP contribution in [0, 0.1) is 6.92 Å². The molecule has 3 rings (SSSR count). The molecule has 0 radical (unpaired) electrons. The normalized spacial score (nSPS) is 12.2. The van der Waals surface area contributed by atoms with Gasteiger partial charge in [0.25, 0.3) is 10.0 Å². The van der Waals surface area contributed by atoms with Gasteiger partial charge in [-0.3, -0.25) is 13.9 Å². The second-order valence-electron chi connectivity index (χ2n) is 9.86. The number of sulfonamides is 1. The van der Waals surface area contributed by atoms with Crippen molar-refractivity contribution in [3.63, 3.8) is 0 Å². The van der Waals surface area contributed by atoms with Gasteiger partial charge in [0, 0.05) is 22.6 Å². The van der Waals surface area contributed by atoms with Crippen molar-refractivity contribution in [1.82, 2.24) is 10.2 Å². The Bertz CT molecular complexity index is 1390. The molecule has 2 amide bonds. The first-order chi connectivity index (χ1) is 18.9. The highest BCUT2D eigenvalue weighted by atomic mass is 35.5. The molecule has 1 atom stereocenters. The van der Waals surface area contributed by atoms with Gasteiger partial charge >= 0.3 is 0 Å². The molecule has 40 heavy (non-hydrogen) atoms. The number of hydrogen-bond acceptors (Lipinski definition) is 4. The van der Waals surface area contributed by atoms with E-state index in [1.807, 2.05) is 58.0 Å². The number of carbonyl (C=O) groups excluding carboxylic acids is 2. The first-order valence-electron chi connectivity index (χ1n) is 13.1. The number of benzene rings is 3. The summed E-state index contributed by atoms with van der Waals surface area (Å²) in [6.45, 7) is 7.05. The topological polar surface area (TPSA) is 86.8 Å². The van der Waals surface area contributed by atoms with Gasteiger partial charge < -0.3 is 10.2 Å². The minimum Gasteiger partial charge on any atom is -0.352 e. The molecule has 3 aromatic carbocycles. The summed E-state index contributed by atoms with van der Waals surface area (Å²) < 4.78 is 28.8. The third-order valence-corrected chi connectivity index (χ3v) is 8.55. The van der Waals surface area contributed by atoms with Crippen LogP contribution >= 0.6 is 23.2 Å². The molecule has 0 heterocycles. The third-order valence-electron chi connectivity index (χ3n) is 6.32. The van der Waals surface area contributed by atoms with Gasteiger partial charge in [0.2, 0.25) is 11.8 Å². The van der Waals surface area contributed by atoms with Crippen molar-refractivity contribution in [2.24, 2.45) is 0 Å². The van der Waals surface area contributed by atoms with Crippen LogP contribution in [-0.4, -0.2) is 50.3 Å². The summed E-state index contributed by atoms with van der Waals surface area (Å²) in [6, 6.07) is 19.4. The number of nitrogens with one attached hydrogen (secondary N) is 1. The molecule has 214 valence electrons. The zero-order chi connectivity index (χ0) is 29.4. The molecule has 0 spiro atoms. The first kappa shape index (κ1) is 31.5. The maximum atomic E-state index is 14.0. The number of rotatable bonds is 12. The summed E-state index contributed by atoms with van der Waals surface area (Å²) in [6.07, 6.45) is 0.846. The largest absolute Gasteiger partial charge is 0.352 e. The standard InChI is InChI=1S/C30H35Cl2N3O4S/c1-5-28(30(37)33-21(2)3)34(16-15-23-9-7-6-8-10-23)29(36)20-35(26-18-24(31)17-25(32)19-26)40(38,39)27-13-11-22(4)12-14-27/h6-14,17-19,21,28H,5,15-16,20H2,1-4H3,(H,33,37)/t28-/m0/s1. The van der Waals surface area contributed by atoms with Crippen LogP contribution in [-0.2, 0) is 26.0 Å². The maximum absolute atomic E-state index is 14.0. The molecule has 3 aromatic rings. The fourth-order valence-corrected chi connectivity index (χ4v) is 6.24. The summed E-state index contributed by atoms with van der Waals surface area (Å²) in [7, 11) is -4.20. The Morgan fingerprint density at radius 3 is 2.08 bits per heavy atom. The highest BCUT2D eigenvalue weighted by Gasteiger charge is 2.33. The summed E-state index contributed by atoms with van der Waals surface area (Å²) in [4.78, 5) is 28.7. The molecule has 0 aliphatic heterocycles. The maximum Gasteiger partial charge on any atom is 0.264 e. The average Bonchev–Trinajstić information content (AvgIpc) is 2.89. The van der Waals surface area contributed by atoms with Crippen LogP contribution in [0.15, 0.2) is 77.7 Å². The second kappa shape index (κ2) is 14.0. The van der Waals surface area contributed by atoms with Gasteiger partial charge in [-0.25, -0.2) is 8.42 Å². The van der Waals surface area contributed by atoms with Crippen LogP contribution in [0.2, 0.25) is 10.0 Å². The van der Waals surface area contributed by atoms with Crippen molar-refractivity contribution in [3.8, 4) is 0 Å². The monoisotopic (exact) mass is 603 g/mol. The van der Waals surface area contributed by atoms with Gasteiger partial charge in [-0.05, 0) is 69.5 Å². The summed E-state index contributed by atoms with van der Waals surface area (Å²) in [5.41, 5.74) is 2.03. The van der Waals surface area contributed by atoms with Crippen LogP contribution in [0.4, 0.5) is 5.69 Å². The summed E-state index contributed by atoms with van der Waals surface area (Å²) >= 11 is 12.5. The van der Waals surface area contributed by atoms with Crippen LogP contribution in [0.3, 0.4) is 0 Å². The molecular formula is C30H35Cl2N3O4S. The minimum absolute atomic E-state index is 0.0161. The van der Waals surface area contributed by atoms with E-state index in [2.05, 4.69) is 5.32 Å². The highest BCUT2D eigenvalue weighted by molar-refractivity contribution is 7.92. The smallest absolute Gasteiger partial charge is 0.264 e. The van der Waals surface area contributed by atoms with Crippen molar-refractivity contribution in [1.29, 1.82) is 0 Å². The molecule has 0 saturated carbocycles. The van der Waals surface area contributed by atoms with E-state index in [1.165, 1.54) is 35.2 Å². The van der Waals surface area contributed by atoms with Crippen LogP contribution in [0.1, 0.15) is 38.3 Å².